The molecule has 0 aliphatic heterocycles. The summed E-state index contributed by atoms with van der Waals surface area (Å²) in [4.78, 5) is 11.4. The van der Waals surface area contributed by atoms with Gasteiger partial charge in [0.15, 0.2) is 5.76 Å². The molecular weight excluding hydrogens is 176 g/mol. The first-order valence-corrected chi connectivity index (χ1v) is 4.34. The Morgan fingerprint density at radius 3 is 2.71 bits per heavy atom. The van der Waals surface area contributed by atoms with Gasteiger partial charge < -0.3 is 4.42 Å². The lowest BCUT2D eigenvalue weighted by molar-refractivity contribution is 0.102. The SMILES string of the molecule is O=C(/C=C/[C]1[CH][CH][CH][CH]1)c1ccco1. The normalized spacial score (nSPS) is 18.0. The van der Waals surface area contributed by atoms with Crippen LogP contribution >= 0.6 is 0 Å². The first-order valence-electron chi connectivity index (χ1n) is 4.34. The van der Waals surface area contributed by atoms with Crippen molar-refractivity contribution >= 4 is 5.78 Å². The van der Waals surface area contributed by atoms with Crippen molar-refractivity contribution in [2.75, 3.05) is 0 Å². The number of furan rings is 1. The minimum Gasteiger partial charge on any atom is -0.461 e. The van der Waals surface area contributed by atoms with Crippen LogP contribution in [-0.2, 0) is 0 Å². The van der Waals surface area contributed by atoms with Crippen molar-refractivity contribution in [2.45, 2.75) is 0 Å². The van der Waals surface area contributed by atoms with E-state index in [4.69, 9.17) is 4.42 Å². The number of hydrogen-bond donors (Lipinski definition) is 0. The lowest BCUT2D eigenvalue weighted by Crippen LogP contribution is -1.93. The average Bonchev–Trinajstić information content (AvgIpc) is 2.87. The van der Waals surface area contributed by atoms with Gasteiger partial charge in [-0.25, -0.2) is 0 Å². The van der Waals surface area contributed by atoms with Gasteiger partial charge in [-0.1, -0.05) is 6.08 Å². The van der Waals surface area contributed by atoms with Crippen LogP contribution in [0.4, 0.5) is 0 Å². The molecule has 1 aliphatic carbocycles. The fraction of sp³-hybridized carbons (Fsp3) is 0. The van der Waals surface area contributed by atoms with E-state index in [2.05, 4.69) is 0 Å². The van der Waals surface area contributed by atoms with Crippen LogP contribution in [0.5, 0.6) is 0 Å². The number of ketones is 1. The van der Waals surface area contributed by atoms with E-state index in [0.29, 0.717) is 5.76 Å². The Morgan fingerprint density at radius 1 is 1.29 bits per heavy atom. The Bertz CT molecular complexity index is 316. The summed E-state index contributed by atoms with van der Waals surface area (Å²) in [6.45, 7) is 0. The zero-order valence-corrected chi connectivity index (χ0v) is 7.51. The molecule has 0 spiro atoms. The van der Waals surface area contributed by atoms with Crippen molar-refractivity contribution in [3.8, 4) is 0 Å². The lowest BCUT2D eigenvalue weighted by atomic mass is 10.1. The summed E-state index contributed by atoms with van der Waals surface area (Å²) < 4.78 is 4.96. The largest absolute Gasteiger partial charge is 0.461 e. The van der Waals surface area contributed by atoms with Crippen LogP contribution in [0.1, 0.15) is 10.6 Å². The Labute approximate surface area is 83.6 Å². The minimum atomic E-state index is -0.115. The molecule has 5 radical (unpaired) electrons. The highest BCUT2D eigenvalue weighted by atomic mass is 16.3. The maximum absolute atomic E-state index is 11.4. The summed E-state index contributed by atoms with van der Waals surface area (Å²) in [7, 11) is 0. The highest BCUT2D eigenvalue weighted by molar-refractivity contribution is 6.02. The average molecular weight is 185 g/mol. The second-order valence-electron chi connectivity index (χ2n) is 2.89. The van der Waals surface area contributed by atoms with Gasteiger partial charge in [0.1, 0.15) is 0 Å². The maximum atomic E-state index is 11.4. The van der Waals surface area contributed by atoms with Gasteiger partial charge in [-0.3, -0.25) is 4.79 Å². The second kappa shape index (κ2) is 4.27. The highest BCUT2D eigenvalue weighted by Crippen LogP contribution is 2.24. The summed E-state index contributed by atoms with van der Waals surface area (Å²) >= 11 is 0. The van der Waals surface area contributed by atoms with E-state index in [9.17, 15) is 4.79 Å². The van der Waals surface area contributed by atoms with Crippen molar-refractivity contribution < 1.29 is 9.21 Å². The van der Waals surface area contributed by atoms with Crippen LogP contribution in [0.3, 0.4) is 0 Å². The Hall–Kier alpha value is -1.31. The summed E-state index contributed by atoms with van der Waals surface area (Å²) in [5.74, 6) is 1.27. The maximum Gasteiger partial charge on any atom is 0.220 e. The van der Waals surface area contributed by atoms with E-state index in [1.165, 1.54) is 12.3 Å². The molecular formula is C12H9O2. The van der Waals surface area contributed by atoms with E-state index in [1.54, 1.807) is 18.2 Å². The van der Waals surface area contributed by atoms with Crippen LogP contribution in [0, 0.1) is 31.6 Å². The van der Waals surface area contributed by atoms with Crippen molar-refractivity contribution in [1.29, 1.82) is 0 Å². The number of rotatable bonds is 3. The van der Waals surface area contributed by atoms with E-state index in [-0.39, 0.29) is 5.78 Å². The van der Waals surface area contributed by atoms with Gasteiger partial charge >= 0.3 is 0 Å². The predicted molar refractivity (Wildman–Crippen MR) is 52.6 cm³/mol. The summed E-state index contributed by atoms with van der Waals surface area (Å²) in [6.07, 6.45) is 12.5. The molecule has 0 aromatic carbocycles. The van der Waals surface area contributed by atoms with Gasteiger partial charge in [0, 0.05) is 5.92 Å². The minimum absolute atomic E-state index is 0.115. The lowest BCUT2D eigenvalue weighted by Gasteiger charge is -1.96. The van der Waals surface area contributed by atoms with Crippen LogP contribution in [0.2, 0.25) is 0 Å². The molecule has 1 heterocycles. The molecule has 0 amide bonds. The van der Waals surface area contributed by atoms with Gasteiger partial charge in [-0.05, 0) is 43.9 Å². The molecule has 2 heteroatoms. The second-order valence-corrected chi connectivity index (χ2v) is 2.89. The van der Waals surface area contributed by atoms with Crippen LogP contribution in [0.25, 0.3) is 0 Å². The van der Waals surface area contributed by atoms with Crippen LogP contribution in [0.15, 0.2) is 35.0 Å². The molecule has 0 bridgehead atoms. The van der Waals surface area contributed by atoms with Gasteiger partial charge in [0.2, 0.25) is 5.78 Å². The number of carbonyl (C=O) groups excluding carboxylic acids is 1. The highest BCUT2D eigenvalue weighted by Gasteiger charge is 2.14. The van der Waals surface area contributed by atoms with Crippen molar-refractivity contribution in [1.82, 2.24) is 0 Å². The molecule has 2 nitrogen and oxygen atoms in total. The van der Waals surface area contributed by atoms with E-state index in [0.717, 1.165) is 5.92 Å². The molecule has 1 aromatic rings. The molecule has 1 saturated carbocycles. The summed E-state index contributed by atoms with van der Waals surface area (Å²) in [6, 6.07) is 3.35. The van der Waals surface area contributed by atoms with Gasteiger partial charge in [0.05, 0.1) is 6.26 Å². The topological polar surface area (TPSA) is 30.2 Å². The van der Waals surface area contributed by atoms with Gasteiger partial charge in [-0.2, -0.15) is 0 Å². The quantitative estimate of drug-likeness (QED) is 0.534. The van der Waals surface area contributed by atoms with Gasteiger partial charge in [0.25, 0.3) is 0 Å². The van der Waals surface area contributed by atoms with E-state index in [1.807, 2.05) is 25.7 Å². The molecule has 14 heavy (non-hydrogen) atoms. The smallest absolute Gasteiger partial charge is 0.220 e. The summed E-state index contributed by atoms with van der Waals surface area (Å²) in [5.41, 5.74) is 0. The first-order chi connectivity index (χ1) is 6.86. The number of hydrogen-bond acceptors (Lipinski definition) is 2. The fourth-order valence-corrected chi connectivity index (χ4v) is 1.17. The van der Waals surface area contributed by atoms with E-state index < -0.39 is 0 Å². The third-order valence-electron chi connectivity index (χ3n) is 1.88. The number of allylic oxidation sites excluding steroid dienone is 2. The predicted octanol–water partition coefficient (Wildman–Crippen LogP) is 2.42. The third kappa shape index (κ3) is 2.13. The Kier molecular flexibility index (Phi) is 2.82. The summed E-state index contributed by atoms with van der Waals surface area (Å²) in [5, 5.41) is 0. The molecule has 1 aromatic heterocycles. The van der Waals surface area contributed by atoms with E-state index >= 15 is 0 Å². The Balaban J connectivity index is 1.93. The zero-order valence-electron chi connectivity index (χ0n) is 7.51. The van der Waals surface area contributed by atoms with Crippen LogP contribution in [-0.4, -0.2) is 5.78 Å². The van der Waals surface area contributed by atoms with Crippen molar-refractivity contribution in [2.24, 2.45) is 0 Å². The molecule has 2 rings (SSSR count). The van der Waals surface area contributed by atoms with Crippen molar-refractivity contribution in [3.63, 3.8) is 0 Å². The molecule has 0 N–H and O–H groups in total. The van der Waals surface area contributed by atoms with Gasteiger partial charge in [-0.15, -0.1) is 0 Å². The van der Waals surface area contributed by atoms with Crippen LogP contribution < -0.4 is 0 Å². The standard InChI is InChI=1S/C12H9O2/c13-11(12-6-3-9-14-12)8-7-10-4-1-2-5-10/h1-9H/b8-7+. The first kappa shape index (κ1) is 9.25. The Morgan fingerprint density at radius 2 is 2.07 bits per heavy atom. The molecule has 0 saturated heterocycles. The zero-order chi connectivity index (χ0) is 9.80. The molecule has 1 aliphatic rings. The molecule has 69 valence electrons. The monoisotopic (exact) mass is 185 g/mol. The third-order valence-corrected chi connectivity index (χ3v) is 1.88. The molecule has 1 fully saturated rings. The number of carbonyl (C=O) groups is 1. The molecule has 0 unspecified atom stereocenters. The molecule has 0 atom stereocenters. The van der Waals surface area contributed by atoms with Crippen molar-refractivity contribution in [3.05, 3.63) is 67.9 Å². The fourth-order valence-electron chi connectivity index (χ4n) is 1.17.